The second kappa shape index (κ2) is 10.5. The molecule has 0 spiro atoms. The number of hydrogen-bond acceptors (Lipinski definition) is 4. The zero-order valence-electron chi connectivity index (χ0n) is 25.7. The van der Waals surface area contributed by atoms with Gasteiger partial charge in [0.15, 0.2) is 11.6 Å². The van der Waals surface area contributed by atoms with Crippen LogP contribution >= 0.6 is 0 Å². The fraction of sp³-hybridized carbons (Fsp3) is 0. The smallest absolute Gasteiger partial charge is 0.238 e. The first-order valence-corrected chi connectivity index (χ1v) is 16.0. The van der Waals surface area contributed by atoms with Gasteiger partial charge in [0.1, 0.15) is 11.2 Å². The van der Waals surface area contributed by atoms with Gasteiger partial charge in [0, 0.05) is 38.1 Å². The van der Waals surface area contributed by atoms with Crippen LogP contribution in [-0.4, -0.2) is 19.5 Å². The molecule has 224 valence electrons. The number of nitrogens with zero attached hydrogens (tertiary/aromatic N) is 4. The van der Waals surface area contributed by atoms with Crippen molar-refractivity contribution in [2.24, 2.45) is 0 Å². The Morgan fingerprint density at radius 3 is 1.75 bits per heavy atom. The van der Waals surface area contributed by atoms with Crippen molar-refractivity contribution in [1.29, 1.82) is 0 Å². The van der Waals surface area contributed by atoms with E-state index in [1.807, 2.05) is 42.5 Å². The molecule has 0 bridgehead atoms. The van der Waals surface area contributed by atoms with E-state index in [2.05, 4.69) is 120 Å². The number of hydrogen-bond donors (Lipinski definition) is 0. The molecule has 7 aromatic carbocycles. The molecular formula is C43H26N4O. The van der Waals surface area contributed by atoms with Gasteiger partial charge < -0.3 is 4.42 Å². The van der Waals surface area contributed by atoms with Gasteiger partial charge in [0.25, 0.3) is 0 Å². The van der Waals surface area contributed by atoms with Crippen molar-refractivity contribution in [2.45, 2.75) is 0 Å². The number of benzene rings is 7. The fourth-order valence-electron chi connectivity index (χ4n) is 7.07. The maximum absolute atomic E-state index is 6.39. The average molecular weight is 615 g/mol. The standard InChI is InChI=1S/C43H26N4O/c1-2-12-27(13-3-1)41-44-42(46-43(45-41)47-37-21-7-4-16-32(37)33-17-5-8-22-38(33)47)29-15-10-14-28(26-29)30-19-11-20-35-31(30)24-25-36-34-18-6-9-23-39(34)48-40(35)36/h1-26H. The summed E-state index contributed by atoms with van der Waals surface area (Å²) in [4.78, 5) is 15.3. The van der Waals surface area contributed by atoms with Gasteiger partial charge in [-0.2, -0.15) is 9.97 Å². The molecule has 48 heavy (non-hydrogen) atoms. The highest BCUT2D eigenvalue weighted by molar-refractivity contribution is 6.17. The summed E-state index contributed by atoms with van der Waals surface area (Å²) in [5, 5.41) is 6.80. The quantitative estimate of drug-likeness (QED) is 0.198. The van der Waals surface area contributed by atoms with E-state index in [-0.39, 0.29) is 0 Å². The summed E-state index contributed by atoms with van der Waals surface area (Å²) < 4.78 is 8.53. The van der Waals surface area contributed by atoms with Gasteiger partial charge in [-0.15, -0.1) is 0 Å². The van der Waals surface area contributed by atoms with Gasteiger partial charge in [0.05, 0.1) is 11.0 Å². The molecule has 0 unspecified atom stereocenters. The third-order valence-electron chi connectivity index (χ3n) is 9.27. The molecule has 0 aliphatic carbocycles. The van der Waals surface area contributed by atoms with Crippen LogP contribution in [0.5, 0.6) is 0 Å². The van der Waals surface area contributed by atoms with Gasteiger partial charge in [-0.25, -0.2) is 4.98 Å². The number of rotatable bonds is 4. The Kier molecular flexibility index (Phi) is 5.81. The highest BCUT2D eigenvalue weighted by atomic mass is 16.3. The van der Waals surface area contributed by atoms with Crippen LogP contribution in [0.4, 0.5) is 0 Å². The highest BCUT2D eigenvalue weighted by Gasteiger charge is 2.18. The number of furan rings is 1. The fourth-order valence-corrected chi connectivity index (χ4v) is 7.07. The lowest BCUT2D eigenvalue weighted by atomic mass is 9.95. The van der Waals surface area contributed by atoms with E-state index in [1.165, 1.54) is 0 Å². The van der Waals surface area contributed by atoms with Crippen LogP contribution in [0.15, 0.2) is 162 Å². The summed E-state index contributed by atoms with van der Waals surface area (Å²) in [7, 11) is 0. The van der Waals surface area contributed by atoms with Gasteiger partial charge in [-0.05, 0) is 46.8 Å². The third kappa shape index (κ3) is 4.08. The molecule has 0 radical (unpaired) electrons. The lowest BCUT2D eigenvalue weighted by Gasteiger charge is -2.12. The highest BCUT2D eigenvalue weighted by Crippen LogP contribution is 2.39. The predicted octanol–water partition coefficient (Wildman–Crippen LogP) is 11.0. The SMILES string of the molecule is c1ccc(-c2nc(-c3cccc(-c4cccc5c4ccc4c6ccccc6oc54)c3)nc(-n3c4ccccc4c4ccccc43)n2)cc1. The van der Waals surface area contributed by atoms with Crippen LogP contribution in [0, 0.1) is 0 Å². The minimum absolute atomic E-state index is 0.582. The Morgan fingerprint density at radius 2 is 0.958 bits per heavy atom. The van der Waals surface area contributed by atoms with Crippen molar-refractivity contribution in [3.8, 4) is 39.9 Å². The molecule has 0 saturated carbocycles. The molecule has 0 aliphatic rings. The van der Waals surface area contributed by atoms with Crippen molar-refractivity contribution in [2.75, 3.05) is 0 Å². The van der Waals surface area contributed by atoms with E-state index in [0.29, 0.717) is 17.6 Å². The Balaban J connectivity index is 1.18. The summed E-state index contributed by atoms with van der Waals surface area (Å²) in [6, 6.07) is 54.4. The molecule has 10 rings (SSSR count). The molecule has 0 atom stereocenters. The maximum atomic E-state index is 6.39. The zero-order valence-corrected chi connectivity index (χ0v) is 25.7. The number of aromatic nitrogens is 4. The molecule has 10 aromatic rings. The van der Waals surface area contributed by atoms with Gasteiger partial charge >= 0.3 is 0 Å². The first kappa shape index (κ1) is 26.6. The van der Waals surface area contributed by atoms with Gasteiger partial charge in [-0.3, -0.25) is 4.57 Å². The van der Waals surface area contributed by atoms with E-state index >= 15 is 0 Å². The first-order chi connectivity index (χ1) is 23.8. The molecule has 5 heteroatoms. The van der Waals surface area contributed by atoms with E-state index < -0.39 is 0 Å². The van der Waals surface area contributed by atoms with Crippen molar-refractivity contribution >= 4 is 54.5 Å². The van der Waals surface area contributed by atoms with Crippen LogP contribution < -0.4 is 0 Å². The predicted molar refractivity (Wildman–Crippen MR) is 195 cm³/mol. The molecule has 0 saturated heterocycles. The maximum Gasteiger partial charge on any atom is 0.238 e. The van der Waals surface area contributed by atoms with Crippen LogP contribution in [0.25, 0.3) is 94.4 Å². The largest absolute Gasteiger partial charge is 0.455 e. The molecule has 3 aromatic heterocycles. The number of fused-ring (bicyclic) bond motifs is 8. The van der Waals surface area contributed by atoms with Crippen LogP contribution in [-0.2, 0) is 0 Å². The summed E-state index contributed by atoms with van der Waals surface area (Å²) in [5.41, 5.74) is 7.96. The lowest BCUT2D eigenvalue weighted by molar-refractivity contribution is 0.672. The number of para-hydroxylation sites is 3. The van der Waals surface area contributed by atoms with E-state index in [0.717, 1.165) is 76.8 Å². The molecule has 0 aliphatic heterocycles. The Morgan fingerprint density at radius 1 is 0.396 bits per heavy atom. The second-order valence-corrected chi connectivity index (χ2v) is 12.0. The van der Waals surface area contributed by atoms with Crippen molar-refractivity contribution in [1.82, 2.24) is 19.5 Å². The van der Waals surface area contributed by atoms with E-state index in [4.69, 9.17) is 19.4 Å². The Bertz CT molecular complexity index is 2800. The Labute approximate surface area is 275 Å². The first-order valence-electron chi connectivity index (χ1n) is 16.0. The summed E-state index contributed by atoms with van der Waals surface area (Å²) >= 11 is 0. The van der Waals surface area contributed by atoms with Crippen LogP contribution in [0.1, 0.15) is 0 Å². The molecule has 0 fully saturated rings. The van der Waals surface area contributed by atoms with Gasteiger partial charge in [0.2, 0.25) is 5.95 Å². The molecular weight excluding hydrogens is 589 g/mol. The summed E-state index contributed by atoms with van der Waals surface area (Å²) in [6.07, 6.45) is 0. The van der Waals surface area contributed by atoms with E-state index in [1.54, 1.807) is 0 Å². The van der Waals surface area contributed by atoms with Gasteiger partial charge in [-0.1, -0.05) is 127 Å². The minimum atomic E-state index is 0.582. The molecule has 5 nitrogen and oxygen atoms in total. The van der Waals surface area contributed by atoms with E-state index in [9.17, 15) is 0 Å². The minimum Gasteiger partial charge on any atom is -0.455 e. The lowest BCUT2D eigenvalue weighted by Crippen LogP contribution is -2.06. The summed E-state index contributed by atoms with van der Waals surface area (Å²) in [6.45, 7) is 0. The third-order valence-corrected chi connectivity index (χ3v) is 9.27. The second-order valence-electron chi connectivity index (χ2n) is 12.0. The van der Waals surface area contributed by atoms with Crippen molar-refractivity contribution in [3.05, 3.63) is 158 Å². The topological polar surface area (TPSA) is 56.7 Å². The zero-order chi connectivity index (χ0) is 31.6. The monoisotopic (exact) mass is 614 g/mol. The molecule has 3 heterocycles. The molecule has 0 N–H and O–H groups in total. The Hall–Kier alpha value is -6.59. The molecule has 0 amide bonds. The average Bonchev–Trinajstić information content (AvgIpc) is 3.71. The summed E-state index contributed by atoms with van der Waals surface area (Å²) in [5.74, 6) is 1.82. The normalized spacial score (nSPS) is 11.8. The van der Waals surface area contributed by atoms with Crippen LogP contribution in [0.2, 0.25) is 0 Å². The van der Waals surface area contributed by atoms with Crippen molar-refractivity contribution in [3.63, 3.8) is 0 Å². The van der Waals surface area contributed by atoms with Crippen LogP contribution in [0.3, 0.4) is 0 Å². The van der Waals surface area contributed by atoms with Crippen molar-refractivity contribution < 1.29 is 4.42 Å².